The van der Waals surface area contributed by atoms with Gasteiger partial charge in [0.2, 0.25) is 0 Å². The van der Waals surface area contributed by atoms with Crippen molar-refractivity contribution in [3.8, 4) is 11.4 Å². The van der Waals surface area contributed by atoms with Crippen molar-refractivity contribution in [1.29, 1.82) is 0 Å². The Hall–Kier alpha value is -3.28. The van der Waals surface area contributed by atoms with E-state index < -0.39 is 0 Å². The van der Waals surface area contributed by atoms with Gasteiger partial charge >= 0.3 is 0 Å². The summed E-state index contributed by atoms with van der Waals surface area (Å²) in [7, 11) is 0. The monoisotopic (exact) mass is 376 g/mol. The van der Waals surface area contributed by atoms with Crippen LogP contribution in [0.1, 0.15) is 36.0 Å². The molecule has 1 aliphatic carbocycles. The largest absolute Gasteiger partial charge is 0.349 e. The molecule has 0 unspecified atom stereocenters. The molecule has 6 heteroatoms. The number of amides is 1. The predicted octanol–water partition coefficient (Wildman–Crippen LogP) is 4.70. The highest BCUT2D eigenvalue weighted by molar-refractivity contribution is 5.95. The van der Waals surface area contributed by atoms with E-state index in [0.29, 0.717) is 22.8 Å². The van der Waals surface area contributed by atoms with E-state index in [1.165, 1.54) is 25.0 Å². The Morgan fingerprint density at radius 2 is 1.86 bits per heavy atom. The molecule has 1 amide bonds. The Bertz CT molecular complexity index is 986. The molecule has 0 atom stereocenters. The van der Waals surface area contributed by atoms with Gasteiger partial charge in [-0.3, -0.25) is 4.79 Å². The number of carbonyl (C=O) groups is 1. The van der Waals surface area contributed by atoms with Crippen LogP contribution < -0.4 is 10.6 Å². The maximum absolute atomic E-state index is 13.5. The third-order valence-electron chi connectivity index (χ3n) is 4.83. The third-order valence-corrected chi connectivity index (χ3v) is 4.83. The molecule has 1 saturated carbocycles. The molecule has 2 N–H and O–H groups in total. The average Bonchev–Trinajstić information content (AvgIpc) is 3.21. The zero-order chi connectivity index (χ0) is 19.3. The molecule has 5 nitrogen and oxygen atoms in total. The van der Waals surface area contributed by atoms with E-state index in [1.807, 2.05) is 12.1 Å². The van der Waals surface area contributed by atoms with Crippen LogP contribution in [0.15, 0.2) is 60.8 Å². The quantitative estimate of drug-likeness (QED) is 0.677. The van der Waals surface area contributed by atoms with Gasteiger partial charge in [0.15, 0.2) is 5.82 Å². The Kier molecular flexibility index (Phi) is 5.28. The summed E-state index contributed by atoms with van der Waals surface area (Å²) in [5.74, 6) is 0.612. The van der Waals surface area contributed by atoms with Crippen LogP contribution in [0.4, 0.5) is 15.9 Å². The summed E-state index contributed by atoms with van der Waals surface area (Å²) in [5.41, 5.74) is 1.97. The highest BCUT2D eigenvalue weighted by Gasteiger charge is 2.18. The molecule has 1 aliphatic rings. The Morgan fingerprint density at radius 3 is 2.68 bits per heavy atom. The molecule has 0 aliphatic heterocycles. The van der Waals surface area contributed by atoms with Crippen LogP contribution in [0, 0.1) is 5.82 Å². The van der Waals surface area contributed by atoms with Crippen LogP contribution in [0.5, 0.6) is 0 Å². The maximum Gasteiger partial charge on any atom is 0.251 e. The number of anilines is 2. The minimum atomic E-state index is -0.333. The fraction of sp³-hybridized carbons (Fsp3) is 0.227. The highest BCUT2D eigenvalue weighted by atomic mass is 19.1. The van der Waals surface area contributed by atoms with E-state index in [0.717, 1.165) is 18.5 Å². The molecule has 142 valence electrons. The molecule has 0 bridgehead atoms. The number of nitrogens with one attached hydrogen (secondary N) is 2. The van der Waals surface area contributed by atoms with Crippen LogP contribution in [-0.2, 0) is 0 Å². The zero-order valence-corrected chi connectivity index (χ0v) is 15.4. The van der Waals surface area contributed by atoms with Crippen molar-refractivity contribution in [3.63, 3.8) is 0 Å². The number of halogens is 1. The number of hydrogen-bond acceptors (Lipinski definition) is 4. The number of benzene rings is 2. The van der Waals surface area contributed by atoms with Gasteiger partial charge in [-0.15, -0.1) is 0 Å². The van der Waals surface area contributed by atoms with Gasteiger partial charge in [0, 0.05) is 29.1 Å². The molecule has 0 spiro atoms. The number of carbonyl (C=O) groups excluding carboxylic acids is 1. The van der Waals surface area contributed by atoms with E-state index in [2.05, 4.69) is 20.6 Å². The highest BCUT2D eigenvalue weighted by Crippen LogP contribution is 2.21. The second-order valence-corrected chi connectivity index (χ2v) is 6.94. The summed E-state index contributed by atoms with van der Waals surface area (Å²) in [4.78, 5) is 21.1. The Balaban J connectivity index is 1.50. The van der Waals surface area contributed by atoms with Crippen molar-refractivity contribution < 1.29 is 9.18 Å². The fourth-order valence-electron chi connectivity index (χ4n) is 3.42. The van der Waals surface area contributed by atoms with Crippen molar-refractivity contribution in [1.82, 2.24) is 15.3 Å². The third kappa shape index (κ3) is 4.34. The van der Waals surface area contributed by atoms with Crippen molar-refractivity contribution in [3.05, 3.63) is 72.2 Å². The summed E-state index contributed by atoms with van der Waals surface area (Å²) < 4.78 is 13.5. The van der Waals surface area contributed by atoms with Crippen molar-refractivity contribution in [2.75, 3.05) is 5.32 Å². The van der Waals surface area contributed by atoms with Gasteiger partial charge in [-0.25, -0.2) is 14.4 Å². The maximum atomic E-state index is 13.5. The number of rotatable bonds is 5. The van der Waals surface area contributed by atoms with Crippen molar-refractivity contribution >= 4 is 17.4 Å². The normalized spacial score (nSPS) is 14.0. The molecular weight excluding hydrogens is 355 g/mol. The van der Waals surface area contributed by atoms with Crippen LogP contribution >= 0.6 is 0 Å². The van der Waals surface area contributed by atoms with E-state index in [-0.39, 0.29) is 17.8 Å². The summed E-state index contributed by atoms with van der Waals surface area (Å²) in [6, 6.07) is 15.5. The van der Waals surface area contributed by atoms with E-state index in [4.69, 9.17) is 0 Å². The average molecular weight is 376 g/mol. The molecule has 0 radical (unpaired) electrons. The summed E-state index contributed by atoms with van der Waals surface area (Å²) in [6.07, 6.45) is 6.06. The lowest BCUT2D eigenvalue weighted by Gasteiger charge is -2.13. The first-order valence-corrected chi connectivity index (χ1v) is 9.44. The van der Waals surface area contributed by atoms with Gasteiger partial charge in [-0.2, -0.15) is 0 Å². The fourth-order valence-corrected chi connectivity index (χ4v) is 3.42. The van der Waals surface area contributed by atoms with Crippen LogP contribution in [0.25, 0.3) is 11.4 Å². The topological polar surface area (TPSA) is 66.9 Å². The second kappa shape index (κ2) is 8.17. The van der Waals surface area contributed by atoms with E-state index in [9.17, 15) is 9.18 Å². The van der Waals surface area contributed by atoms with Gasteiger partial charge in [-0.05, 0) is 49.2 Å². The standard InChI is InChI=1S/C22H21FN4O/c23-17-7-3-5-15(13-17)21-24-12-11-20(27-21)25-19-10-4-6-16(14-19)22(28)26-18-8-1-2-9-18/h3-7,10-14,18H,1-2,8-9H2,(H,26,28)(H,24,25,27). The number of nitrogens with zero attached hydrogens (tertiary/aromatic N) is 2. The predicted molar refractivity (Wildman–Crippen MR) is 107 cm³/mol. The van der Waals surface area contributed by atoms with Gasteiger partial charge in [0.25, 0.3) is 5.91 Å². The summed E-state index contributed by atoms with van der Waals surface area (Å²) in [5, 5.41) is 6.29. The number of hydrogen-bond donors (Lipinski definition) is 2. The van der Waals surface area contributed by atoms with Gasteiger partial charge in [0.05, 0.1) is 0 Å². The minimum absolute atomic E-state index is 0.0568. The van der Waals surface area contributed by atoms with Crippen molar-refractivity contribution in [2.24, 2.45) is 0 Å². The molecule has 1 aromatic heterocycles. The minimum Gasteiger partial charge on any atom is -0.349 e. The Labute approximate surface area is 163 Å². The van der Waals surface area contributed by atoms with Crippen LogP contribution in [-0.4, -0.2) is 21.9 Å². The van der Waals surface area contributed by atoms with Gasteiger partial charge in [-0.1, -0.05) is 31.0 Å². The molecule has 1 fully saturated rings. The smallest absolute Gasteiger partial charge is 0.251 e. The van der Waals surface area contributed by atoms with Crippen LogP contribution in [0.3, 0.4) is 0 Å². The van der Waals surface area contributed by atoms with E-state index >= 15 is 0 Å². The number of aromatic nitrogens is 2. The molecule has 28 heavy (non-hydrogen) atoms. The summed E-state index contributed by atoms with van der Waals surface area (Å²) >= 11 is 0. The van der Waals surface area contributed by atoms with Crippen LogP contribution in [0.2, 0.25) is 0 Å². The summed E-state index contributed by atoms with van der Waals surface area (Å²) in [6.45, 7) is 0. The first-order valence-electron chi connectivity index (χ1n) is 9.44. The lowest BCUT2D eigenvalue weighted by atomic mass is 10.1. The van der Waals surface area contributed by atoms with Gasteiger partial charge < -0.3 is 10.6 Å². The zero-order valence-electron chi connectivity index (χ0n) is 15.4. The molecule has 4 rings (SSSR count). The second-order valence-electron chi connectivity index (χ2n) is 6.94. The first kappa shape index (κ1) is 18.1. The lowest BCUT2D eigenvalue weighted by Crippen LogP contribution is -2.32. The molecule has 0 saturated heterocycles. The SMILES string of the molecule is O=C(NC1CCCC1)c1cccc(Nc2ccnc(-c3cccc(F)c3)n2)c1. The first-order chi connectivity index (χ1) is 13.7. The van der Waals surface area contributed by atoms with E-state index in [1.54, 1.807) is 36.5 Å². The molecule has 2 aromatic carbocycles. The molecule has 1 heterocycles. The lowest BCUT2D eigenvalue weighted by molar-refractivity contribution is 0.0938. The Morgan fingerprint density at radius 1 is 1.04 bits per heavy atom. The van der Waals surface area contributed by atoms with Gasteiger partial charge in [0.1, 0.15) is 11.6 Å². The molecule has 3 aromatic rings. The van der Waals surface area contributed by atoms with Crippen molar-refractivity contribution in [2.45, 2.75) is 31.7 Å². The molecular formula is C22H21FN4O.